The van der Waals surface area contributed by atoms with E-state index in [4.69, 9.17) is 0 Å². The van der Waals surface area contributed by atoms with Crippen LogP contribution in [0.15, 0.2) is 59.4 Å². The van der Waals surface area contributed by atoms with Crippen LogP contribution in [0.2, 0.25) is 0 Å². The van der Waals surface area contributed by atoms with Gasteiger partial charge >= 0.3 is 0 Å². The Kier molecular flexibility index (Phi) is 5.66. The molecule has 0 bridgehead atoms. The third-order valence-electron chi connectivity index (χ3n) is 5.24. The van der Waals surface area contributed by atoms with E-state index in [-0.39, 0.29) is 24.3 Å². The number of benzene rings is 2. The summed E-state index contributed by atoms with van der Waals surface area (Å²) in [5.74, 6) is -0.148. The lowest BCUT2D eigenvalue weighted by Crippen LogP contribution is -2.27. The number of carbonyl (C=O) groups excluding carboxylic acids is 1. The number of carbonyl (C=O) groups is 1. The molecule has 0 spiro atoms. The first kappa shape index (κ1) is 20.5. The van der Waals surface area contributed by atoms with Crippen molar-refractivity contribution in [1.82, 2.24) is 19.3 Å². The SMILES string of the molecule is CCn1c(=O)c(CCC(=O)Nc2ccc(C)cc2)nc2c(C)nn(-c3ccccc3)c21. The third-order valence-corrected chi connectivity index (χ3v) is 5.24. The first-order valence-electron chi connectivity index (χ1n) is 10.4. The fourth-order valence-corrected chi connectivity index (χ4v) is 3.61. The number of aryl methyl sites for hydroxylation is 4. The van der Waals surface area contributed by atoms with Crippen LogP contribution in [0.4, 0.5) is 5.69 Å². The molecule has 7 nitrogen and oxygen atoms in total. The zero-order valence-corrected chi connectivity index (χ0v) is 17.9. The van der Waals surface area contributed by atoms with E-state index in [1.807, 2.05) is 75.4 Å². The minimum Gasteiger partial charge on any atom is -0.326 e. The number of para-hydroxylation sites is 1. The summed E-state index contributed by atoms with van der Waals surface area (Å²) in [7, 11) is 0. The van der Waals surface area contributed by atoms with Crippen LogP contribution in [-0.4, -0.2) is 25.2 Å². The molecule has 0 aliphatic heterocycles. The fourth-order valence-electron chi connectivity index (χ4n) is 3.61. The van der Waals surface area contributed by atoms with E-state index in [0.29, 0.717) is 23.4 Å². The monoisotopic (exact) mass is 415 g/mol. The van der Waals surface area contributed by atoms with Crippen molar-refractivity contribution < 1.29 is 4.79 Å². The van der Waals surface area contributed by atoms with E-state index in [1.165, 1.54) is 0 Å². The second kappa shape index (κ2) is 8.55. The van der Waals surface area contributed by atoms with E-state index in [9.17, 15) is 9.59 Å². The Labute approximate surface area is 180 Å². The molecule has 0 atom stereocenters. The molecule has 31 heavy (non-hydrogen) atoms. The third kappa shape index (κ3) is 4.12. The molecule has 158 valence electrons. The largest absolute Gasteiger partial charge is 0.326 e. The molecule has 0 aliphatic carbocycles. The maximum atomic E-state index is 13.1. The van der Waals surface area contributed by atoms with Crippen LogP contribution in [0.25, 0.3) is 16.9 Å². The van der Waals surface area contributed by atoms with Gasteiger partial charge in [-0.25, -0.2) is 9.67 Å². The number of amides is 1. The Morgan fingerprint density at radius 2 is 1.74 bits per heavy atom. The molecule has 0 radical (unpaired) electrons. The van der Waals surface area contributed by atoms with Crippen molar-refractivity contribution in [2.45, 2.75) is 40.2 Å². The average Bonchev–Trinajstić information content (AvgIpc) is 3.10. The molecule has 2 heterocycles. The summed E-state index contributed by atoms with van der Waals surface area (Å²) in [5, 5.41) is 7.49. The first-order valence-corrected chi connectivity index (χ1v) is 10.4. The van der Waals surface area contributed by atoms with Crippen LogP contribution < -0.4 is 10.9 Å². The van der Waals surface area contributed by atoms with Gasteiger partial charge in [-0.1, -0.05) is 35.9 Å². The standard InChI is InChI=1S/C24H25N5O2/c1-4-28-23-22(17(3)27-29(23)19-8-6-5-7-9-19)26-20(24(28)31)14-15-21(30)25-18-12-10-16(2)11-13-18/h5-13H,4,14-15H2,1-3H3,(H,25,30). The molecular formula is C24H25N5O2. The molecule has 1 amide bonds. The molecule has 7 heteroatoms. The minimum absolute atomic E-state index is 0.148. The smallest absolute Gasteiger partial charge is 0.273 e. The molecule has 0 unspecified atom stereocenters. The van der Waals surface area contributed by atoms with Crippen LogP contribution in [0.5, 0.6) is 0 Å². The lowest BCUT2D eigenvalue weighted by molar-refractivity contribution is -0.116. The number of aromatic nitrogens is 4. The Hall–Kier alpha value is -3.74. The van der Waals surface area contributed by atoms with E-state index in [1.54, 1.807) is 9.25 Å². The molecule has 0 saturated carbocycles. The highest BCUT2D eigenvalue weighted by Crippen LogP contribution is 2.20. The maximum absolute atomic E-state index is 13.1. The van der Waals surface area contributed by atoms with Gasteiger partial charge in [-0.15, -0.1) is 0 Å². The van der Waals surface area contributed by atoms with Gasteiger partial charge in [-0.3, -0.25) is 14.2 Å². The molecule has 1 N–H and O–H groups in total. The Morgan fingerprint density at radius 3 is 2.42 bits per heavy atom. The predicted molar refractivity (Wildman–Crippen MR) is 122 cm³/mol. The normalized spacial score (nSPS) is 11.1. The van der Waals surface area contributed by atoms with Gasteiger partial charge in [0.2, 0.25) is 5.91 Å². The number of fused-ring (bicyclic) bond motifs is 1. The van der Waals surface area contributed by atoms with Gasteiger partial charge in [0.1, 0.15) is 11.2 Å². The zero-order chi connectivity index (χ0) is 22.0. The summed E-state index contributed by atoms with van der Waals surface area (Å²) >= 11 is 0. The predicted octanol–water partition coefficient (Wildman–Crippen LogP) is 3.79. The average molecular weight is 415 g/mol. The highest BCUT2D eigenvalue weighted by atomic mass is 16.1. The van der Waals surface area contributed by atoms with Crippen molar-refractivity contribution in [3.05, 3.63) is 81.9 Å². The quantitative estimate of drug-likeness (QED) is 0.519. The molecule has 4 aromatic rings. The molecule has 2 aromatic carbocycles. The highest BCUT2D eigenvalue weighted by Gasteiger charge is 2.19. The fraction of sp³-hybridized carbons (Fsp3) is 0.250. The van der Waals surface area contributed by atoms with Crippen molar-refractivity contribution in [3.8, 4) is 5.69 Å². The molecule has 0 fully saturated rings. The Bertz CT molecular complexity index is 1290. The van der Waals surface area contributed by atoms with Crippen molar-refractivity contribution in [2.24, 2.45) is 0 Å². The van der Waals surface area contributed by atoms with Crippen molar-refractivity contribution in [3.63, 3.8) is 0 Å². The summed E-state index contributed by atoms with van der Waals surface area (Å²) in [4.78, 5) is 30.2. The van der Waals surface area contributed by atoms with E-state index >= 15 is 0 Å². The molecule has 0 aliphatic rings. The summed E-state index contributed by atoms with van der Waals surface area (Å²) < 4.78 is 3.44. The van der Waals surface area contributed by atoms with Gasteiger partial charge in [0.15, 0.2) is 5.65 Å². The molecule has 4 rings (SSSR count). The number of nitrogens with zero attached hydrogens (tertiary/aromatic N) is 4. The summed E-state index contributed by atoms with van der Waals surface area (Å²) in [5.41, 5.74) is 5.02. The van der Waals surface area contributed by atoms with Crippen LogP contribution in [-0.2, 0) is 17.8 Å². The lowest BCUT2D eigenvalue weighted by atomic mass is 10.2. The lowest BCUT2D eigenvalue weighted by Gasteiger charge is -2.11. The van der Waals surface area contributed by atoms with Crippen molar-refractivity contribution in [2.75, 3.05) is 5.32 Å². The van der Waals surface area contributed by atoms with Crippen molar-refractivity contribution in [1.29, 1.82) is 0 Å². The number of hydrogen-bond donors (Lipinski definition) is 1. The van der Waals surface area contributed by atoms with Gasteiger partial charge in [0.05, 0.1) is 11.4 Å². The minimum atomic E-state index is -0.185. The van der Waals surface area contributed by atoms with Gasteiger partial charge in [-0.2, -0.15) is 5.10 Å². The summed E-state index contributed by atoms with van der Waals surface area (Å²) in [6.07, 6.45) is 0.444. The topological polar surface area (TPSA) is 81.8 Å². The second-order valence-electron chi connectivity index (χ2n) is 7.53. The van der Waals surface area contributed by atoms with Gasteiger partial charge in [0, 0.05) is 25.1 Å². The summed E-state index contributed by atoms with van der Waals surface area (Å²) in [6.45, 7) is 6.28. The maximum Gasteiger partial charge on any atom is 0.273 e. The second-order valence-corrected chi connectivity index (χ2v) is 7.53. The van der Waals surface area contributed by atoms with Gasteiger partial charge in [0.25, 0.3) is 5.56 Å². The van der Waals surface area contributed by atoms with Crippen LogP contribution in [0, 0.1) is 13.8 Å². The molecular weight excluding hydrogens is 390 g/mol. The van der Waals surface area contributed by atoms with E-state index in [2.05, 4.69) is 15.4 Å². The number of hydrogen-bond acceptors (Lipinski definition) is 4. The number of rotatable bonds is 6. The Morgan fingerprint density at radius 1 is 1.03 bits per heavy atom. The van der Waals surface area contributed by atoms with E-state index < -0.39 is 0 Å². The molecule has 0 saturated heterocycles. The number of anilines is 1. The van der Waals surface area contributed by atoms with Crippen LogP contribution in [0.1, 0.15) is 30.3 Å². The van der Waals surface area contributed by atoms with Crippen molar-refractivity contribution >= 4 is 22.8 Å². The highest BCUT2D eigenvalue weighted by molar-refractivity contribution is 5.90. The summed E-state index contributed by atoms with van der Waals surface area (Å²) in [6, 6.07) is 17.3. The zero-order valence-electron chi connectivity index (χ0n) is 17.9. The van der Waals surface area contributed by atoms with Crippen LogP contribution >= 0.6 is 0 Å². The van der Waals surface area contributed by atoms with Gasteiger partial charge < -0.3 is 5.32 Å². The first-order chi connectivity index (χ1) is 15.0. The van der Waals surface area contributed by atoms with Gasteiger partial charge in [-0.05, 0) is 45.0 Å². The van der Waals surface area contributed by atoms with E-state index in [0.717, 1.165) is 22.6 Å². The van der Waals surface area contributed by atoms with Crippen LogP contribution in [0.3, 0.4) is 0 Å². The number of nitrogens with one attached hydrogen (secondary N) is 1. The Balaban J connectivity index is 1.64. The molecule has 2 aromatic heterocycles.